The lowest BCUT2D eigenvalue weighted by atomic mass is 10.2. The number of hydrogen-bond donors (Lipinski definition) is 0. The molecule has 2 rings (SSSR count). The molecule has 0 aliphatic rings. The van der Waals surface area contributed by atoms with Crippen LogP contribution in [0.3, 0.4) is 0 Å². The highest BCUT2D eigenvalue weighted by Gasteiger charge is 2.06. The number of rotatable bonds is 3. The van der Waals surface area contributed by atoms with Crippen molar-refractivity contribution in [1.82, 2.24) is 0 Å². The molecule has 1 atom stereocenters. The molecule has 0 saturated heterocycles. The molecule has 16 heavy (non-hydrogen) atoms. The normalized spacial score (nSPS) is 13.1. The second kappa shape index (κ2) is 5.46. The minimum Gasteiger partial charge on any atom is -0.0663 e. The molecular weight excluding hydrogens is 276 g/mol. The second-order valence-electron chi connectivity index (χ2n) is 4.14. The van der Waals surface area contributed by atoms with Crippen LogP contribution in [0.4, 0.5) is 0 Å². The lowest BCUT2D eigenvalue weighted by Gasteiger charge is -2.11. The van der Waals surface area contributed by atoms with E-state index in [-0.39, 0.29) is 9.52 Å². The summed E-state index contributed by atoms with van der Waals surface area (Å²) in [4.78, 5) is 0. The van der Waals surface area contributed by atoms with Crippen LogP contribution in [0.1, 0.15) is 18.0 Å². The maximum absolute atomic E-state index is 3.47. The first-order chi connectivity index (χ1) is 7.75. The summed E-state index contributed by atoms with van der Waals surface area (Å²) in [6.45, 7) is 2.34. The monoisotopic (exact) mass is 290 g/mol. The van der Waals surface area contributed by atoms with Crippen molar-refractivity contribution < 1.29 is 0 Å². The van der Waals surface area contributed by atoms with Crippen LogP contribution in [0, 0.1) is 0 Å². The fraction of sp³-hybridized carbons (Fsp3) is 0.143. The second-order valence-corrected chi connectivity index (χ2v) is 7.51. The molecule has 0 nitrogen and oxygen atoms in total. The third-order valence-electron chi connectivity index (χ3n) is 2.82. The molecule has 1 unspecified atom stereocenters. The zero-order chi connectivity index (χ0) is 11.4. The van der Waals surface area contributed by atoms with Crippen LogP contribution >= 0.6 is 15.9 Å². The first-order valence-corrected chi connectivity index (χ1v) is 7.87. The molecular formula is C14H15BrSi. The Kier molecular flexibility index (Phi) is 3.96. The van der Waals surface area contributed by atoms with Gasteiger partial charge in [0, 0.05) is 4.47 Å². The van der Waals surface area contributed by atoms with Crippen LogP contribution < -0.4 is 5.19 Å². The molecule has 82 valence electrons. The number of halogens is 1. The molecule has 0 aliphatic carbocycles. The summed E-state index contributed by atoms with van der Waals surface area (Å²) in [5.41, 5.74) is 2.16. The predicted octanol–water partition coefficient (Wildman–Crippen LogP) is 3.00. The van der Waals surface area contributed by atoms with Crippen molar-refractivity contribution in [2.24, 2.45) is 0 Å². The smallest absolute Gasteiger partial charge is 0.0620 e. The molecule has 0 aromatic heterocycles. The van der Waals surface area contributed by atoms with Crippen LogP contribution in [-0.2, 0) is 0 Å². The fourth-order valence-corrected chi connectivity index (χ4v) is 3.90. The standard InChI is InChI=1S/C14H15BrSi/c1-11(12-7-9-13(15)10-8-12)16-14-5-3-2-4-6-14/h2-11H,16H2,1H3. The molecule has 0 N–H and O–H groups in total. The van der Waals surface area contributed by atoms with Crippen molar-refractivity contribution in [3.8, 4) is 0 Å². The summed E-state index contributed by atoms with van der Waals surface area (Å²) in [6.07, 6.45) is 0. The highest BCUT2D eigenvalue weighted by Crippen LogP contribution is 2.17. The predicted molar refractivity (Wildman–Crippen MR) is 77.2 cm³/mol. The highest BCUT2D eigenvalue weighted by atomic mass is 79.9. The van der Waals surface area contributed by atoms with E-state index in [1.165, 1.54) is 10.8 Å². The molecule has 0 spiro atoms. The minimum atomic E-state index is -0.213. The summed E-state index contributed by atoms with van der Waals surface area (Å²) >= 11 is 3.47. The van der Waals surface area contributed by atoms with Crippen molar-refractivity contribution in [2.45, 2.75) is 12.5 Å². The highest BCUT2D eigenvalue weighted by molar-refractivity contribution is 9.10. The zero-order valence-corrected chi connectivity index (χ0v) is 12.4. The van der Waals surface area contributed by atoms with Gasteiger partial charge >= 0.3 is 0 Å². The van der Waals surface area contributed by atoms with Crippen LogP contribution in [0.25, 0.3) is 0 Å². The Morgan fingerprint density at radius 3 is 2.19 bits per heavy atom. The van der Waals surface area contributed by atoms with Crippen molar-refractivity contribution in [1.29, 1.82) is 0 Å². The summed E-state index contributed by atoms with van der Waals surface area (Å²) in [5, 5.41) is 1.54. The van der Waals surface area contributed by atoms with Gasteiger partial charge in [0.15, 0.2) is 0 Å². The van der Waals surface area contributed by atoms with Gasteiger partial charge in [-0.25, -0.2) is 0 Å². The van der Waals surface area contributed by atoms with Gasteiger partial charge in [0.2, 0.25) is 0 Å². The Hall–Kier alpha value is -0.863. The van der Waals surface area contributed by atoms with Crippen LogP contribution in [-0.4, -0.2) is 9.52 Å². The van der Waals surface area contributed by atoms with Gasteiger partial charge in [-0.1, -0.05) is 70.5 Å². The van der Waals surface area contributed by atoms with E-state index < -0.39 is 0 Å². The van der Waals surface area contributed by atoms with E-state index in [0.717, 1.165) is 4.47 Å². The van der Waals surface area contributed by atoms with Crippen molar-refractivity contribution in [3.05, 3.63) is 64.6 Å². The summed E-state index contributed by atoms with van der Waals surface area (Å²) in [7, 11) is -0.213. The van der Waals surface area contributed by atoms with Crippen molar-refractivity contribution >= 4 is 30.6 Å². The van der Waals surface area contributed by atoms with Gasteiger partial charge in [0.25, 0.3) is 0 Å². The van der Waals surface area contributed by atoms with Gasteiger partial charge in [-0.3, -0.25) is 0 Å². The lowest BCUT2D eigenvalue weighted by Crippen LogP contribution is -2.19. The molecule has 0 saturated carbocycles. The molecule has 2 aromatic rings. The molecule has 2 heteroatoms. The Morgan fingerprint density at radius 1 is 0.938 bits per heavy atom. The Morgan fingerprint density at radius 2 is 1.56 bits per heavy atom. The van der Waals surface area contributed by atoms with E-state index in [1.807, 2.05) is 0 Å². The summed E-state index contributed by atoms with van der Waals surface area (Å²) in [5.74, 6) is 0. The lowest BCUT2D eigenvalue weighted by molar-refractivity contribution is 1.07. The van der Waals surface area contributed by atoms with Gasteiger partial charge < -0.3 is 0 Å². The van der Waals surface area contributed by atoms with Gasteiger partial charge in [0.1, 0.15) is 0 Å². The molecule has 0 amide bonds. The zero-order valence-electron chi connectivity index (χ0n) is 9.36. The average molecular weight is 291 g/mol. The van der Waals surface area contributed by atoms with Crippen LogP contribution in [0.15, 0.2) is 59.1 Å². The molecule has 2 aromatic carbocycles. The third-order valence-corrected chi connectivity index (χ3v) is 5.38. The topological polar surface area (TPSA) is 0 Å². The average Bonchev–Trinajstić information content (AvgIpc) is 2.31. The maximum atomic E-state index is 3.47. The Balaban J connectivity index is 2.09. The van der Waals surface area contributed by atoms with E-state index in [0.29, 0.717) is 5.54 Å². The quantitative estimate of drug-likeness (QED) is 0.763. The third kappa shape index (κ3) is 3.06. The first-order valence-electron chi connectivity index (χ1n) is 5.55. The van der Waals surface area contributed by atoms with E-state index in [1.54, 1.807) is 0 Å². The fourth-order valence-electron chi connectivity index (χ4n) is 1.88. The van der Waals surface area contributed by atoms with Gasteiger partial charge in [0.05, 0.1) is 9.52 Å². The number of hydrogen-bond acceptors (Lipinski definition) is 0. The van der Waals surface area contributed by atoms with Crippen molar-refractivity contribution in [2.75, 3.05) is 0 Å². The maximum Gasteiger partial charge on any atom is 0.0620 e. The van der Waals surface area contributed by atoms with Gasteiger partial charge in [-0.15, -0.1) is 0 Å². The van der Waals surface area contributed by atoms with Gasteiger partial charge in [-0.2, -0.15) is 0 Å². The Bertz CT molecular complexity index is 436. The summed E-state index contributed by atoms with van der Waals surface area (Å²) < 4.78 is 1.16. The van der Waals surface area contributed by atoms with E-state index in [9.17, 15) is 0 Å². The van der Waals surface area contributed by atoms with E-state index >= 15 is 0 Å². The van der Waals surface area contributed by atoms with E-state index in [4.69, 9.17) is 0 Å². The largest absolute Gasteiger partial charge is 0.0663 e. The molecule has 0 bridgehead atoms. The molecule has 0 radical (unpaired) electrons. The van der Waals surface area contributed by atoms with Gasteiger partial charge in [-0.05, 0) is 23.2 Å². The van der Waals surface area contributed by atoms with Crippen molar-refractivity contribution in [3.63, 3.8) is 0 Å². The molecule has 0 heterocycles. The van der Waals surface area contributed by atoms with E-state index in [2.05, 4.69) is 77.5 Å². The SMILES string of the molecule is CC([SiH2]c1ccccc1)c1ccc(Br)cc1. The number of benzene rings is 2. The molecule has 0 aliphatic heterocycles. The summed E-state index contributed by atoms with van der Waals surface area (Å²) in [6, 6.07) is 19.6. The minimum absolute atomic E-state index is 0.213. The molecule has 0 fully saturated rings. The first kappa shape index (κ1) is 11.6. The van der Waals surface area contributed by atoms with Crippen LogP contribution in [0.2, 0.25) is 0 Å². The van der Waals surface area contributed by atoms with Crippen LogP contribution in [0.5, 0.6) is 0 Å². The Labute approximate surface area is 108 Å².